The molecule has 0 saturated heterocycles. The number of carbonyl (C=O) groups is 1. The van der Waals surface area contributed by atoms with Gasteiger partial charge in [-0.3, -0.25) is 4.79 Å². The maximum atomic E-state index is 13.1. The summed E-state index contributed by atoms with van der Waals surface area (Å²) in [6.07, 6.45) is 1.70. The Morgan fingerprint density at radius 1 is 1.07 bits per heavy atom. The Bertz CT molecular complexity index is 1090. The fourth-order valence-corrected chi connectivity index (χ4v) is 3.15. The summed E-state index contributed by atoms with van der Waals surface area (Å²) in [7, 11) is 0. The lowest BCUT2D eigenvalue weighted by atomic mass is 10.1. The number of amides is 1. The number of anilines is 2. The largest absolute Gasteiger partial charge is 0.417 e. The minimum Gasteiger partial charge on any atom is -0.353 e. The van der Waals surface area contributed by atoms with E-state index in [2.05, 4.69) is 15.6 Å². The second kappa shape index (κ2) is 6.72. The summed E-state index contributed by atoms with van der Waals surface area (Å²) in [5.41, 5.74) is 1.16. The van der Waals surface area contributed by atoms with Gasteiger partial charge in [0, 0.05) is 29.7 Å². The molecule has 2 heterocycles. The van der Waals surface area contributed by atoms with Gasteiger partial charge >= 0.3 is 6.18 Å². The van der Waals surface area contributed by atoms with Crippen LogP contribution >= 0.6 is 11.6 Å². The molecule has 1 aliphatic heterocycles. The minimum absolute atomic E-state index is 0.00117. The average molecular weight is 405 g/mol. The van der Waals surface area contributed by atoms with Crippen LogP contribution in [-0.2, 0) is 11.0 Å². The smallest absolute Gasteiger partial charge is 0.353 e. The van der Waals surface area contributed by atoms with Crippen LogP contribution in [0, 0.1) is 0 Å². The Labute approximate surface area is 162 Å². The predicted molar refractivity (Wildman–Crippen MR) is 100 cm³/mol. The zero-order valence-corrected chi connectivity index (χ0v) is 14.8. The van der Waals surface area contributed by atoms with Crippen molar-refractivity contribution in [1.29, 1.82) is 0 Å². The van der Waals surface area contributed by atoms with Crippen molar-refractivity contribution in [2.45, 2.75) is 6.18 Å². The van der Waals surface area contributed by atoms with Gasteiger partial charge in [-0.2, -0.15) is 13.2 Å². The summed E-state index contributed by atoms with van der Waals surface area (Å²) in [4.78, 5) is 16.2. The second-order valence-electron chi connectivity index (χ2n) is 6.07. The van der Waals surface area contributed by atoms with Crippen molar-refractivity contribution >= 4 is 34.6 Å². The van der Waals surface area contributed by atoms with Gasteiger partial charge < -0.3 is 15.2 Å². The highest BCUT2D eigenvalue weighted by atomic mass is 35.5. The zero-order valence-electron chi connectivity index (χ0n) is 14.1. The molecule has 1 aromatic heterocycles. The van der Waals surface area contributed by atoms with Crippen LogP contribution in [-0.4, -0.2) is 15.5 Å². The summed E-state index contributed by atoms with van der Waals surface area (Å²) in [6.45, 7) is 0. The van der Waals surface area contributed by atoms with E-state index < -0.39 is 22.7 Å². The van der Waals surface area contributed by atoms with E-state index in [1.54, 1.807) is 35.4 Å². The molecule has 4 rings (SSSR count). The summed E-state index contributed by atoms with van der Waals surface area (Å²) in [5, 5.41) is 4.99. The molecule has 1 aliphatic rings. The van der Waals surface area contributed by atoms with Crippen molar-refractivity contribution in [3.05, 3.63) is 77.3 Å². The van der Waals surface area contributed by atoms with Crippen LogP contribution in [0.3, 0.4) is 0 Å². The molecule has 2 aromatic carbocycles. The molecule has 5 nitrogen and oxygen atoms in total. The normalized spacial score (nSPS) is 13.9. The summed E-state index contributed by atoms with van der Waals surface area (Å²) >= 11 is 5.82. The number of alkyl halides is 3. The lowest BCUT2D eigenvalue weighted by Crippen LogP contribution is -2.10. The van der Waals surface area contributed by atoms with Gasteiger partial charge in [-0.1, -0.05) is 23.7 Å². The van der Waals surface area contributed by atoms with Crippen molar-refractivity contribution < 1.29 is 18.0 Å². The molecule has 0 fully saturated rings. The Hall–Kier alpha value is -3.26. The standard InChI is InChI=1S/C19H12ClF3N4O/c20-14-8-17-16(7-13(14)19(21,22)23)26-18(28)9-15(25-17)11-2-1-3-12(6-11)27-5-4-24-10-27/h1-10,25H,(H,26,28). The number of aromatic nitrogens is 2. The third kappa shape index (κ3) is 3.46. The molecule has 0 bridgehead atoms. The van der Waals surface area contributed by atoms with E-state index in [-0.39, 0.29) is 11.4 Å². The van der Waals surface area contributed by atoms with Crippen LogP contribution in [0.4, 0.5) is 24.5 Å². The number of hydrogen-bond acceptors (Lipinski definition) is 3. The van der Waals surface area contributed by atoms with Crippen molar-refractivity contribution in [3.63, 3.8) is 0 Å². The van der Waals surface area contributed by atoms with E-state index in [1.165, 1.54) is 6.08 Å². The third-order valence-corrected chi connectivity index (χ3v) is 4.49. The first kappa shape index (κ1) is 18.1. The number of rotatable bonds is 2. The number of halogens is 4. The first-order chi connectivity index (χ1) is 13.3. The quantitative estimate of drug-likeness (QED) is 0.635. The molecule has 0 saturated carbocycles. The highest BCUT2D eigenvalue weighted by Crippen LogP contribution is 2.41. The van der Waals surface area contributed by atoms with Gasteiger partial charge in [0.1, 0.15) is 0 Å². The molecule has 0 aliphatic carbocycles. The number of imidazole rings is 1. The van der Waals surface area contributed by atoms with E-state index in [9.17, 15) is 18.0 Å². The highest BCUT2D eigenvalue weighted by Gasteiger charge is 2.34. The number of nitrogens with one attached hydrogen (secondary N) is 2. The highest BCUT2D eigenvalue weighted by molar-refractivity contribution is 6.32. The molecule has 3 aromatic rings. The first-order valence-corrected chi connectivity index (χ1v) is 8.48. The average Bonchev–Trinajstić information content (AvgIpc) is 3.11. The molecule has 0 radical (unpaired) electrons. The molecule has 0 unspecified atom stereocenters. The lowest BCUT2D eigenvalue weighted by Gasteiger charge is -2.16. The maximum Gasteiger partial charge on any atom is 0.417 e. The molecule has 9 heteroatoms. The van der Waals surface area contributed by atoms with Crippen LogP contribution in [0.5, 0.6) is 0 Å². The van der Waals surface area contributed by atoms with Gasteiger partial charge in [-0.25, -0.2) is 4.98 Å². The fourth-order valence-electron chi connectivity index (χ4n) is 2.88. The van der Waals surface area contributed by atoms with E-state index in [4.69, 9.17) is 11.6 Å². The molecule has 2 N–H and O–H groups in total. The van der Waals surface area contributed by atoms with Crippen LogP contribution in [0.15, 0.2) is 61.2 Å². The number of hydrogen-bond donors (Lipinski definition) is 2. The molecule has 0 atom stereocenters. The van der Waals surface area contributed by atoms with Crippen molar-refractivity contribution in [2.75, 3.05) is 10.6 Å². The van der Waals surface area contributed by atoms with E-state index >= 15 is 0 Å². The molecular weight excluding hydrogens is 393 g/mol. The molecule has 1 amide bonds. The molecule has 142 valence electrons. The van der Waals surface area contributed by atoms with Gasteiger partial charge in [-0.15, -0.1) is 0 Å². The van der Waals surface area contributed by atoms with Gasteiger partial charge in [0.05, 0.1) is 34.0 Å². The second-order valence-corrected chi connectivity index (χ2v) is 6.48. The van der Waals surface area contributed by atoms with Crippen LogP contribution in [0.2, 0.25) is 5.02 Å². The Morgan fingerprint density at radius 3 is 2.57 bits per heavy atom. The molecule has 28 heavy (non-hydrogen) atoms. The Balaban J connectivity index is 1.75. The van der Waals surface area contributed by atoms with E-state index in [1.807, 2.05) is 12.1 Å². The Morgan fingerprint density at radius 2 is 1.86 bits per heavy atom. The van der Waals surface area contributed by atoms with E-state index in [0.717, 1.165) is 17.8 Å². The number of carbonyl (C=O) groups excluding carboxylic acids is 1. The monoisotopic (exact) mass is 404 g/mol. The molecular formula is C19H12ClF3N4O. The van der Waals surface area contributed by atoms with Gasteiger partial charge in [0.15, 0.2) is 0 Å². The number of benzene rings is 2. The number of nitrogens with zero attached hydrogens (tertiary/aromatic N) is 2. The maximum absolute atomic E-state index is 13.1. The van der Waals surface area contributed by atoms with Crippen molar-refractivity contribution in [3.8, 4) is 5.69 Å². The van der Waals surface area contributed by atoms with Crippen LogP contribution in [0.1, 0.15) is 11.1 Å². The summed E-state index contributed by atoms with van der Waals surface area (Å²) in [6, 6.07) is 9.24. The summed E-state index contributed by atoms with van der Waals surface area (Å²) < 4.78 is 41.1. The van der Waals surface area contributed by atoms with Crippen LogP contribution < -0.4 is 10.6 Å². The van der Waals surface area contributed by atoms with Gasteiger partial charge in [-0.05, 0) is 24.3 Å². The predicted octanol–water partition coefficient (Wildman–Crippen LogP) is 4.95. The van der Waals surface area contributed by atoms with Gasteiger partial charge in [0.25, 0.3) is 5.91 Å². The molecule has 0 spiro atoms. The lowest BCUT2D eigenvalue weighted by molar-refractivity contribution is -0.137. The third-order valence-electron chi connectivity index (χ3n) is 4.17. The zero-order chi connectivity index (χ0) is 19.9. The minimum atomic E-state index is -4.63. The van der Waals surface area contributed by atoms with Crippen molar-refractivity contribution in [2.24, 2.45) is 0 Å². The topological polar surface area (TPSA) is 59.0 Å². The SMILES string of the molecule is O=C1C=C(c2cccc(-n3ccnc3)c2)Nc2cc(Cl)c(C(F)(F)F)cc2N1. The summed E-state index contributed by atoms with van der Waals surface area (Å²) in [5.74, 6) is -0.551. The van der Waals surface area contributed by atoms with Crippen molar-refractivity contribution in [1.82, 2.24) is 9.55 Å². The van der Waals surface area contributed by atoms with E-state index in [0.29, 0.717) is 11.3 Å². The van der Waals surface area contributed by atoms with Gasteiger partial charge in [0.2, 0.25) is 0 Å². The Kier molecular flexibility index (Phi) is 4.35. The fraction of sp³-hybridized carbons (Fsp3) is 0.0526. The van der Waals surface area contributed by atoms with Crippen LogP contribution in [0.25, 0.3) is 11.4 Å². The number of fused-ring (bicyclic) bond motifs is 1. The first-order valence-electron chi connectivity index (χ1n) is 8.10.